The Bertz CT molecular complexity index is 680. The fourth-order valence-electron chi connectivity index (χ4n) is 2.57. The van der Waals surface area contributed by atoms with Crippen LogP contribution in [0.3, 0.4) is 0 Å². The largest absolute Gasteiger partial charge is 0.341 e. The number of hydrogen-bond acceptors (Lipinski definition) is 6. The summed E-state index contributed by atoms with van der Waals surface area (Å²) in [6.07, 6.45) is 3.92. The monoisotopic (exact) mass is 301 g/mol. The van der Waals surface area contributed by atoms with Crippen LogP contribution >= 0.6 is 0 Å². The first-order valence-corrected chi connectivity index (χ1v) is 7.32. The quantitative estimate of drug-likeness (QED) is 0.912. The minimum Gasteiger partial charge on any atom is -0.341 e. The van der Waals surface area contributed by atoms with E-state index in [0.717, 1.165) is 30.4 Å². The van der Waals surface area contributed by atoms with Crippen LogP contribution in [0.2, 0.25) is 0 Å². The van der Waals surface area contributed by atoms with Crippen molar-refractivity contribution in [3.63, 3.8) is 0 Å². The van der Waals surface area contributed by atoms with Crippen LogP contribution in [0.1, 0.15) is 34.7 Å². The molecular weight excluding hydrogens is 282 g/mol. The van der Waals surface area contributed by atoms with Gasteiger partial charge in [0.05, 0.1) is 23.3 Å². The van der Waals surface area contributed by atoms with Gasteiger partial charge in [-0.3, -0.25) is 9.48 Å². The molecule has 2 aromatic heterocycles. The number of rotatable bonds is 3. The SMILES string of the molecule is Cc1nc(N2CCCC2)nc(C)c1NC(=O)c1cn(C)nn1. The molecule has 0 aromatic carbocycles. The van der Waals surface area contributed by atoms with E-state index in [-0.39, 0.29) is 11.6 Å². The highest BCUT2D eigenvalue weighted by atomic mass is 16.2. The number of aryl methyl sites for hydroxylation is 3. The number of carbonyl (C=O) groups is 1. The highest BCUT2D eigenvalue weighted by Gasteiger charge is 2.19. The highest BCUT2D eigenvalue weighted by Crippen LogP contribution is 2.23. The molecule has 3 heterocycles. The van der Waals surface area contributed by atoms with Crippen LogP contribution in [-0.4, -0.2) is 44.0 Å². The summed E-state index contributed by atoms with van der Waals surface area (Å²) < 4.78 is 1.49. The van der Waals surface area contributed by atoms with E-state index in [1.807, 2.05) is 13.8 Å². The van der Waals surface area contributed by atoms with Crippen LogP contribution < -0.4 is 10.2 Å². The van der Waals surface area contributed by atoms with E-state index in [2.05, 4.69) is 30.5 Å². The third kappa shape index (κ3) is 2.76. The van der Waals surface area contributed by atoms with E-state index in [1.165, 1.54) is 17.5 Å². The molecule has 0 unspecified atom stereocenters. The maximum atomic E-state index is 12.2. The predicted octanol–water partition coefficient (Wildman–Crippen LogP) is 1.07. The molecule has 0 saturated carbocycles. The molecule has 8 heteroatoms. The van der Waals surface area contributed by atoms with Gasteiger partial charge in [0.2, 0.25) is 5.95 Å². The molecule has 1 aliphatic heterocycles. The van der Waals surface area contributed by atoms with Gasteiger partial charge in [0.1, 0.15) is 0 Å². The third-order valence-electron chi connectivity index (χ3n) is 3.72. The molecule has 0 radical (unpaired) electrons. The average molecular weight is 301 g/mol. The average Bonchev–Trinajstić information content (AvgIpc) is 3.13. The number of amides is 1. The summed E-state index contributed by atoms with van der Waals surface area (Å²) in [5.41, 5.74) is 2.42. The third-order valence-corrected chi connectivity index (χ3v) is 3.72. The summed E-state index contributed by atoms with van der Waals surface area (Å²) in [6, 6.07) is 0. The van der Waals surface area contributed by atoms with Gasteiger partial charge in [0.15, 0.2) is 5.69 Å². The number of nitrogens with zero attached hydrogens (tertiary/aromatic N) is 6. The first kappa shape index (κ1) is 14.4. The summed E-state index contributed by atoms with van der Waals surface area (Å²) in [6.45, 7) is 5.73. The Labute approximate surface area is 128 Å². The van der Waals surface area contributed by atoms with Gasteiger partial charge in [-0.05, 0) is 26.7 Å². The maximum Gasteiger partial charge on any atom is 0.277 e. The van der Waals surface area contributed by atoms with Crippen molar-refractivity contribution in [3.05, 3.63) is 23.3 Å². The molecule has 0 bridgehead atoms. The standard InChI is InChI=1S/C14H19N7O/c1-9-12(17-13(22)11-8-20(3)19-18-11)10(2)16-14(15-9)21-6-4-5-7-21/h8H,4-7H2,1-3H3,(H,17,22). The predicted molar refractivity (Wildman–Crippen MR) is 81.9 cm³/mol. The van der Waals surface area contributed by atoms with Gasteiger partial charge < -0.3 is 10.2 Å². The zero-order valence-electron chi connectivity index (χ0n) is 13.0. The second-order valence-corrected chi connectivity index (χ2v) is 5.50. The Morgan fingerprint density at radius 3 is 2.36 bits per heavy atom. The molecule has 2 aromatic rings. The molecule has 1 aliphatic rings. The van der Waals surface area contributed by atoms with Crippen molar-refractivity contribution in [3.8, 4) is 0 Å². The van der Waals surface area contributed by atoms with Crippen molar-refractivity contribution in [2.45, 2.75) is 26.7 Å². The highest BCUT2D eigenvalue weighted by molar-refractivity contribution is 6.03. The lowest BCUT2D eigenvalue weighted by Gasteiger charge is -2.18. The number of nitrogens with one attached hydrogen (secondary N) is 1. The number of aromatic nitrogens is 5. The van der Waals surface area contributed by atoms with E-state index >= 15 is 0 Å². The smallest absolute Gasteiger partial charge is 0.277 e. The van der Waals surface area contributed by atoms with E-state index in [9.17, 15) is 4.79 Å². The molecule has 1 N–H and O–H groups in total. The van der Waals surface area contributed by atoms with Crippen LogP contribution in [0.25, 0.3) is 0 Å². The molecule has 1 fully saturated rings. The van der Waals surface area contributed by atoms with Crippen LogP contribution in [0.4, 0.5) is 11.6 Å². The Kier molecular flexibility index (Phi) is 3.74. The van der Waals surface area contributed by atoms with Gasteiger partial charge in [-0.1, -0.05) is 5.21 Å². The van der Waals surface area contributed by atoms with Gasteiger partial charge in [-0.15, -0.1) is 5.10 Å². The zero-order valence-corrected chi connectivity index (χ0v) is 13.0. The van der Waals surface area contributed by atoms with Crippen LogP contribution in [0.5, 0.6) is 0 Å². The van der Waals surface area contributed by atoms with Gasteiger partial charge in [-0.25, -0.2) is 9.97 Å². The maximum absolute atomic E-state index is 12.2. The Morgan fingerprint density at radius 2 is 1.82 bits per heavy atom. The van der Waals surface area contributed by atoms with Crippen LogP contribution in [-0.2, 0) is 7.05 Å². The molecule has 0 spiro atoms. The molecule has 0 aliphatic carbocycles. The van der Waals surface area contributed by atoms with E-state index < -0.39 is 0 Å². The first-order chi connectivity index (χ1) is 10.5. The molecule has 116 valence electrons. The Hall–Kier alpha value is -2.51. The zero-order chi connectivity index (χ0) is 15.7. The lowest BCUT2D eigenvalue weighted by molar-refractivity contribution is 0.102. The molecule has 0 atom stereocenters. The molecule has 8 nitrogen and oxygen atoms in total. The van der Waals surface area contributed by atoms with Crippen molar-refractivity contribution in [1.29, 1.82) is 0 Å². The van der Waals surface area contributed by atoms with Gasteiger partial charge in [0.25, 0.3) is 5.91 Å². The minimum atomic E-state index is -0.308. The van der Waals surface area contributed by atoms with Crippen LogP contribution in [0, 0.1) is 13.8 Å². The summed E-state index contributed by atoms with van der Waals surface area (Å²) in [5.74, 6) is 0.432. The number of anilines is 2. The van der Waals surface area contributed by atoms with E-state index in [0.29, 0.717) is 5.69 Å². The lowest BCUT2D eigenvalue weighted by atomic mass is 10.2. The fraction of sp³-hybridized carbons (Fsp3) is 0.500. The van der Waals surface area contributed by atoms with E-state index in [1.54, 1.807) is 13.2 Å². The molecule has 1 saturated heterocycles. The van der Waals surface area contributed by atoms with Crippen molar-refractivity contribution in [2.24, 2.45) is 7.05 Å². The summed E-state index contributed by atoms with van der Waals surface area (Å²) in [4.78, 5) is 23.4. The van der Waals surface area contributed by atoms with Gasteiger partial charge in [-0.2, -0.15) is 0 Å². The summed E-state index contributed by atoms with van der Waals surface area (Å²) in [5, 5.41) is 10.4. The molecule has 22 heavy (non-hydrogen) atoms. The Balaban J connectivity index is 1.83. The van der Waals surface area contributed by atoms with Crippen molar-refractivity contribution in [1.82, 2.24) is 25.0 Å². The van der Waals surface area contributed by atoms with Gasteiger partial charge >= 0.3 is 0 Å². The topological polar surface area (TPSA) is 88.8 Å². The molecule has 1 amide bonds. The molecule has 3 rings (SSSR count). The second-order valence-electron chi connectivity index (χ2n) is 5.50. The first-order valence-electron chi connectivity index (χ1n) is 7.32. The fourth-order valence-corrected chi connectivity index (χ4v) is 2.57. The lowest BCUT2D eigenvalue weighted by Crippen LogP contribution is -2.22. The summed E-state index contributed by atoms with van der Waals surface area (Å²) >= 11 is 0. The van der Waals surface area contributed by atoms with Crippen LogP contribution in [0.15, 0.2) is 6.20 Å². The number of hydrogen-bond donors (Lipinski definition) is 1. The van der Waals surface area contributed by atoms with Crippen molar-refractivity contribution >= 4 is 17.5 Å². The Morgan fingerprint density at radius 1 is 1.18 bits per heavy atom. The normalized spacial score (nSPS) is 14.4. The van der Waals surface area contributed by atoms with Crippen molar-refractivity contribution < 1.29 is 4.79 Å². The van der Waals surface area contributed by atoms with Gasteiger partial charge in [0, 0.05) is 20.1 Å². The summed E-state index contributed by atoms with van der Waals surface area (Å²) in [7, 11) is 1.72. The minimum absolute atomic E-state index is 0.268. The number of carbonyl (C=O) groups excluding carboxylic acids is 1. The van der Waals surface area contributed by atoms with Crippen molar-refractivity contribution in [2.75, 3.05) is 23.3 Å². The molecular formula is C14H19N7O. The van der Waals surface area contributed by atoms with E-state index in [4.69, 9.17) is 0 Å². The second kappa shape index (κ2) is 5.70.